The number of amides is 1. The molecule has 0 aliphatic rings. The van der Waals surface area contributed by atoms with Gasteiger partial charge in [0.15, 0.2) is 0 Å². The molecule has 0 fully saturated rings. The normalized spacial score (nSPS) is 13.9. The van der Waals surface area contributed by atoms with Gasteiger partial charge in [0.05, 0.1) is 6.04 Å². The van der Waals surface area contributed by atoms with Crippen molar-refractivity contribution in [3.63, 3.8) is 0 Å². The summed E-state index contributed by atoms with van der Waals surface area (Å²) in [5, 5.41) is 2.66. The minimum Gasteiger partial charge on any atom is -0.349 e. The Morgan fingerprint density at radius 3 is 2.68 bits per heavy atom. The molecular formula is C14H20F2N2O. The van der Waals surface area contributed by atoms with E-state index in [9.17, 15) is 13.6 Å². The van der Waals surface area contributed by atoms with Gasteiger partial charge in [-0.25, -0.2) is 8.78 Å². The fraction of sp³-hybridized carbons (Fsp3) is 0.500. The number of rotatable bonds is 6. The van der Waals surface area contributed by atoms with E-state index in [1.165, 1.54) is 0 Å². The van der Waals surface area contributed by atoms with Crippen molar-refractivity contribution in [1.82, 2.24) is 5.32 Å². The van der Waals surface area contributed by atoms with Crippen molar-refractivity contribution in [2.45, 2.75) is 32.7 Å². The van der Waals surface area contributed by atoms with Gasteiger partial charge in [0.2, 0.25) is 5.91 Å². The highest BCUT2D eigenvalue weighted by atomic mass is 19.1. The molecule has 0 saturated heterocycles. The Balaban J connectivity index is 2.56. The number of benzene rings is 1. The molecule has 5 heteroatoms. The highest BCUT2D eigenvalue weighted by Crippen LogP contribution is 2.18. The molecule has 106 valence electrons. The lowest BCUT2D eigenvalue weighted by Gasteiger charge is -2.16. The average Bonchev–Trinajstić information content (AvgIpc) is 2.38. The topological polar surface area (TPSA) is 55.1 Å². The summed E-state index contributed by atoms with van der Waals surface area (Å²) in [4.78, 5) is 11.7. The third kappa shape index (κ3) is 4.95. The Hall–Kier alpha value is -1.49. The molecule has 0 spiro atoms. The second-order valence-electron chi connectivity index (χ2n) is 4.83. The van der Waals surface area contributed by atoms with Gasteiger partial charge >= 0.3 is 0 Å². The van der Waals surface area contributed by atoms with Gasteiger partial charge in [0.1, 0.15) is 11.6 Å². The van der Waals surface area contributed by atoms with E-state index in [4.69, 9.17) is 5.73 Å². The van der Waals surface area contributed by atoms with E-state index in [1.807, 2.05) is 6.92 Å². The van der Waals surface area contributed by atoms with Gasteiger partial charge in [0.25, 0.3) is 0 Å². The summed E-state index contributed by atoms with van der Waals surface area (Å²) in [7, 11) is 0. The molecule has 2 atom stereocenters. The molecule has 1 aromatic carbocycles. The van der Waals surface area contributed by atoms with Crippen LogP contribution in [0.5, 0.6) is 0 Å². The molecule has 3 N–H and O–H groups in total. The fourth-order valence-electron chi connectivity index (χ4n) is 1.73. The van der Waals surface area contributed by atoms with Gasteiger partial charge in [-0.2, -0.15) is 0 Å². The number of hydrogen-bond acceptors (Lipinski definition) is 2. The maximum Gasteiger partial charge on any atom is 0.220 e. The second-order valence-corrected chi connectivity index (χ2v) is 4.83. The van der Waals surface area contributed by atoms with Crippen LogP contribution in [0, 0.1) is 17.6 Å². The lowest BCUT2D eigenvalue weighted by molar-refractivity contribution is -0.122. The van der Waals surface area contributed by atoms with Crippen molar-refractivity contribution in [3.8, 4) is 0 Å². The maximum absolute atomic E-state index is 13.5. The predicted octanol–water partition coefficient (Wildman–Crippen LogP) is 2.52. The molecule has 0 heterocycles. The number of nitrogens with two attached hydrogens (primary N) is 1. The Bertz CT molecular complexity index is 437. The molecule has 0 aromatic heterocycles. The first kappa shape index (κ1) is 15.6. The van der Waals surface area contributed by atoms with Gasteiger partial charge in [0, 0.05) is 12.0 Å². The van der Waals surface area contributed by atoms with E-state index in [1.54, 1.807) is 6.92 Å². The van der Waals surface area contributed by atoms with E-state index in [-0.39, 0.29) is 17.4 Å². The summed E-state index contributed by atoms with van der Waals surface area (Å²) < 4.78 is 26.6. The molecule has 3 nitrogen and oxygen atoms in total. The largest absolute Gasteiger partial charge is 0.349 e. The molecule has 0 aliphatic carbocycles. The van der Waals surface area contributed by atoms with Crippen LogP contribution in [-0.4, -0.2) is 12.5 Å². The van der Waals surface area contributed by atoms with E-state index >= 15 is 0 Å². The van der Waals surface area contributed by atoms with Crippen molar-refractivity contribution < 1.29 is 13.6 Å². The average molecular weight is 270 g/mol. The smallest absolute Gasteiger partial charge is 0.220 e. The lowest BCUT2D eigenvalue weighted by Crippen LogP contribution is -2.28. The lowest BCUT2D eigenvalue weighted by atomic mass is 10.0. The first-order valence-corrected chi connectivity index (χ1v) is 6.38. The van der Waals surface area contributed by atoms with Crippen LogP contribution in [-0.2, 0) is 4.79 Å². The molecule has 0 radical (unpaired) electrons. The second kappa shape index (κ2) is 7.19. The summed E-state index contributed by atoms with van der Waals surface area (Å²) in [6.07, 6.45) is 1.01. The molecule has 1 aromatic rings. The zero-order chi connectivity index (χ0) is 14.4. The minimum atomic E-state index is -0.559. The Morgan fingerprint density at radius 1 is 1.37 bits per heavy atom. The number of carbonyl (C=O) groups is 1. The summed E-state index contributed by atoms with van der Waals surface area (Å²) in [5.41, 5.74) is 5.62. The van der Waals surface area contributed by atoms with Gasteiger partial charge in [-0.1, -0.05) is 6.92 Å². The molecule has 0 saturated carbocycles. The summed E-state index contributed by atoms with van der Waals surface area (Å²) in [6.45, 7) is 4.12. The van der Waals surface area contributed by atoms with Crippen LogP contribution in [0.25, 0.3) is 0 Å². The molecule has 0 aliphatic heterocycles. The van der Waals surface area contributed by atoms with Crippen LogP contribution in [0.2, 0.25) is 0 Å². The Labute approximate surface area is 112 Å². The minimum absolute atomic E-state index is 0.153. The van der Waals surface area contributed by atoms with E-state index < -0.39 is 17.7 Å². The van der Waals surface area contributed by atoms with Crippen LogP contribution >= 0.6 is 0 Å². The van der Waals surface area contributed by atoms with E-state index in [2.05, 4.69) is 5.32 Å². The highest BCUT2D eigenvalue weighted by Gasteiger charge is 2.14. The third-order valence-corrected chi connectivity index (χ3v) is 3.07. The Morgan fingerprint density at radius 2 is 2.05 bits per heavy atom. The zero-order valence-corrected chi connectivity index (χ0v) is 11.2. The van der Waals surface area contributed by atoms with Crippen molar-refractivity contribution in [3.05, 3.63) is 35.4 Å². The van der Waals surface area contributed by atoms with Crippen LogP contribution < -0.4 is 11.1 Å². The molecule has 19 heavy (non-hydrogen) atoms. The van der Waals surface area contributed by atoms with Gasteiger partial charge in [-0.05, 0) is 44.0 Å². The molecule has 1 amide bonds. The first-order valence-electron chi connectivity index (χ1n) is 6.38. The molecular weight excluding hydrogens is 250 g/mol. The number of hydrogen-bond donors (Lipinski definition) is 2. The van der Waals surface area contributed by atoms with Gasteiger partial charge in [-0.15, -0.1) is 0 Å². The predicted molar refractivity (Wildman–Crippen MR) is 70.4 cm³/mol. The molecule has 2 unspecified atom stereocenters. The van der Waals surface area contributed by atoms with Crippen LogP contribution in [0.3, 0.4) is 0 Å². The van der Waals surface area contributed by atoms with Crippen LogP contribution in [0.15, 0.2) is 18.2 Å². The third-order valence-electron chi connectivity index (χ3n) is 3.07. The quantitative estimate of drug-likeness (QED) is 0.834. The van der Waals surface area contributed by atoms with Crippen molar-refractivity contribution >= 4 is 5.91 Å². The SMILES string of the molecule is CC(CN)CCC(=O)NC(C)c1cc(F)ccc1F. The highest BCUT2D eigenvalue weighted by molar-refractivity contribution is 5.76. The Kier molecular flexibility index (Phi) is 5.89. The van der Waals surface area contributed by atoms with Crippen molar-refractivity contribution in [2.24, 2.45) is 11.7 Å². The van der Waals surface area contributed by atoms with Gasteiger partial charge in [-0.3, -0.25) is 4.79 Å². The van der Waals surface area contributed by atoms with Crippen LogP contribution in [0.4, 0.5) is 8.78 Å². The summed E-state index contributed by atoms with van der Waals surface area (Å²) in [5.74, 6) is -0.956. The molecule has 0 bridgehead atoms. The summed E-state index contributed by atoms with van der Waals surface area (Å²) >= 11 is 0. The first-order chi connectivity index (χ1) is 8.93. The standard InChI is InChI=1S/C14H20F2N2O/c1-9(8-17)3-6-14(19)18-10(2)12-7-11(15)4-5-13(12)16/h4-5,7,9-10H,3,6,8,17H2,1-2H3,(H,18,19). The van der Waals surface area contributed by atoms with Gasteiger partial charge < -0.3 is 11.1 Å². The van der Waals surface area contributed by atoms with Crippen molar-refractivity contribution in [1.29, 1.82) is 0 Å². The van der Waals surface area contributed by atoms with Crippen LogP contribution in [0.1, 0.15) is 38.3 Å². The molecule has 1 rings (SSSR count). The summed E-state index contributed by atoms with van der Waals surface area (Å²) in [6, 6.07) is 2.65. The monoisotopic (exact) mass is 270 g/mol. The maximum atomic E-state index is 13.5. The number of nitrogens with one attached hydrogen (secondary N) is 1. The zero-order valence-electron chi connectivity index (χ0n) is 11.2. The number of carbonyl (C=O) groups excluding carboxylic acids is 1. The fourth-order valence-corrected chi connectivity index (χ4v) is 1.73. The number of halogens is 2. The van der Waals surface area contributed by atoms with E-state index in [0.717, 1.165) is 18.2 Å². The van der Waals surface area contributed by atoms with Crippen molar-refractivity contribution in [2.75, 3.05) is 6.54 Å². The van der Waals surface area contributed by atoms with E-state index in [0.29, 0.717) is 19.4 Å².